The van der Waals surface area contributed by atoms with Gasteiger partial charge in [0.1, 0.15) is 0 Å². The fraction of sp³-hybridized carbons (Fsp3) is 0.909. The topological polar surface area (TPSA) is 46.3 Å². The standard InChI is InChI=1S/C11H24N2O/c1-8(2)9(3)13(6)10(14)11(4,5)7-12/h8-9H,7,12H2,1-6H3. The van der Waals surface area contributed by atoms with E-state index >= 15 is 0 Å². The number of hydrogen-bond donors (Lipinski definition) is 1. The summed E-state index contributed by atoms with van der Waals surface area (Å²) >= 11 is 0. The van der Waals surface area contributed by atoms with Gasteiger partial charge in [0.25, 0.3) is 0 Å². The summed E-state index contributed by atoms with van der Waals surface area (Å²) in [6.45, 7) is 10.5. The van der Waals surface area contributed by atoms with E-state index in [9.17, 15) is 4.79 Å². The van der Waals surface area contributed by atoms with Crippen LogP contribution in [-0.4, -0.2) is 30.4 Å². The summed E-state index contributed by atoms with van der Waals surface area (Å²) in [4.78, 5) is 13.8. The maximum atomic E-state index is 12.0. The Morgan fingerprint density at radius 3 is 2.07 bits per heavy atom. The molecule has 0 rings (SSSR count). The van der Waals surface area contributed by atoms with Crippen LogP contribution in [0.2, 0.25) is 0 Å². The van der Waals surface area contributed by atoms with Gasteiger partial charge in [0, 0.05) is 19.6 Å². The summed E-state index contributed by atoms with van der Waals surface area (Å²) in [5.74, 6) is 0.596. The molecule has 0 spiro atoms. The first-order valence-electron chi connectivity index (χ1n) is 5.21. The lowest BCUT2D eigenvalue weighted by Gasteiger charge is -2.34. The summed E-state index contributed by atoms with van der Waals surface area (Å²) in [5, 5.41) is 0. The highest BCUT2D eigenvalue weighted by atomic mass is 16.2. The van der Waals surface area contributed by atoms with E-state index in [0.29, 0.717) is 12.5 Å². The highest BCUT2D eigenvalue weighted by molar-refractivity contribution is 5.82. The van der Waals surface area contributed by atoms with Crippen molar-refractivity contribution in [3.05, 3.63) is 0 Å². The Kier molecular flexibility index (Phi) is 4.59. The number of carbonyl (C=O) groups is 1. The Labute approximate surface area is 87.6 Å². The molecule has 1 amide bonds. The van der Waals surface area contributed by atoms with E-state index in [0.717, 1.165) is 0 Å². The number of carbonyl (C=O) groups excluding carboxylic acids is 1. The predicted molar refractivity (Wildman–Crippen MR) is 59.9 cm³/mol. The average Bonchev–Trinajstić information content (AvgIpc) is 2.14. The monoisotopic (exact) mass is 200 g/mol. The quantitative estimate of drug-likeness (QED) is 0.747. The van der Waals surface area contributed by atoms with Gasteiger partial charge in [-0.2, -0.15) is 0 Å². The first-order valence-corrected chi connectivity index (χ1v) is 5.21. The van der Waals surface area contributed by atoms with E-state index in [-0.39, 0.29) is 11.9 Å². The Bertz CT molecular complexity index is 199. The first kappa shape index (κ1) is 13.4. The van der Waals surface area contributed by atoms with E-state index in [4.69, 9.17) is 5.73 Å². The molecule has 0 saturated heterocycles. The van der Waals surface area contributed by atoms with Gasteiger partial charge in [-0.1, -0.05) is 13.8 Å². The van der Waals surface area contributed by atoms with Gasteiger partial charge in [-0.15, -0.1) is 0 Å². The van der Waals surface area contributed by atoms with Gasteiger partial charge in [0.05, 0.1) is 5.41 Å². The molecule has 0 aliphatic heterocycles. The van der Waals surface area contributed by atoms with Crippen LogP contribution in [-0.2, 0) is 4.79 Å². The molecule has 2 N–H and O–H groups in total. The zero-order valence-electron chi connectivity index (χ0n) is 10.3. The predicted octanol–water partition coefficient (Wildman–Crippen LogP) is 1.47. The van der Waals surface area contributed by atoms with E-state index in [1.54, 1.807) is 4.90 Å². The van der Waals surface area contributed by atoms with Gasteiger partial charge in [0.15, 0.2) is 0 Å². The van der Waals surface area contributed by atoms with Gasteiger partial charge < -0.3 is 10.6 Å². The van der Waals surface area contributed by atoms with Gasteiger partial charge in [-0.3, -0.25) is 4.79 Å². The fourth-order valence-corrected chi connectivity index (χ4v) is 1.20. The number of nitrogens with zero attached hydrogens (tertiary/aromatic N) is 1. The minimum Gasteiger partial charge on any atom is -0.342 e. The largest absolute Gasteiger partial charge is 0.342 e. The minimum absolute atomic E-state index is 0.126. The summed E-state index contributed by atoms with van der Waals surface area (Å²) in [6.07, 6.45) is 0. The van der Waals surface area contributed by atoms with Gasteiger partial charge in [-0.05, 0) is 26.7 Å². The third-order valence-electron chi connectivity index (χ3n) is 2.99. The van der Waals surface area contributed by atoms with E-state index in [2.05, 4.69) is 20.8 Å². The van der Waals surface area contributed by atoms with Crippen molar-refractivity contribution in [2.24, 2.45) is 17.1 Å². The molecular formula is C11H24N2O. The van der Waals surface area contributed by atoms with Crippen LogP contribution < -0.4 is 5.73 Å². The highest BCUT2D eigenvalue weighted by Gasteiger charge is 2.31. The Balaban J connectivity index is 4.55. The molecule has 84 valence electrons. The molecular weight excluding hydrogens is 176 g/mol. The molecule has 0 radical (unpaired) electrons. The van der Waals surface area contributed by atoms with Gasteiger partial charge in [-0.25, -0.2) is 0 Å². The third-order valence-corrected chi connectivity index (χ3v) is 2.99. The molecule has 0 bridgehead atoms. The van der Waals surface area contributed by atoms with Crippen molar-refractivity contribution in [2.75, 3.05) is 13.6 Å². The molecule has 0 fully saturated rings. The van der Waals surface area contributed by atoms with Crippen LogP contribution in [0.1, 0.15) is 34.6 Å². The average molecular weight is 200 g/mol. The van der Waals surface area contributed by atoms with Crippen LogP contribution >= 0.6 is 0 Å². The van der Waals surface area contributed by atoms with Crippen LogP contribution in [0, 0.1) is 11.3 Å². The summed E-state index contributed by atoms with van der Waals surface area (Å²) in [6, 6.07) is 0.258. The number of rotatable bonds is 4. The molecule has 3 heteroatoms. The van der Waals surface area contributed by atoms with Crippen LogP contribution in [0.25, 0.3) is 0 Å². The molecule has 1 unspecified atom stereocenters. The van der Waals surface area contributed by atoms with Crippen molar-refractivity contribution in [3.63, 3.8) is 0 Å². The SMILES string of the molecule is CC(C)C(C)N(C)C(=O)C(C)(C)CN. The van der Waals surface area contributed by atoms with Crippen molar-refractivity contribution < 1.29 is 4.79 Å². The van der Waals surface area contributed by atoms with Crippen molar-refractivity contribution in [2.45, 2.75) is 40.7 Å². The molecule has 0 saturated carbocycles. The molecule has 3 nitrogen and oxygen atoms in total. The molecule has 0 aliphatic rings. The molecule has 0 heterocycles. The normalized spacial score (nSPS) is 14.3. The second-order valence-corrected chi connectivity index (χ2v) is 4.99. The lowest BCUT2D eigenvalue weighted by Crippen LogP contribution is -2.47. The van der Waals surface area contributed by atoms with E-state index in [1.165, 1.54) is 0 Å². The first-order chi connectivity index (χ1) is 6.24. The number of amides is 1. The zero-order valence-corrected chi connectivity index (χ0v) is 10.3. The maximum absolute atomic E-state index is 12.0. The smallest absolute Gasteiger partial charge is 0.229 e. The number of hydrogen-bond acceptors (Lipinski definition) is 2. The van der Waals surface area contributed by atoms with Crippen molar-refractivity contribution in [1.29, 1.82) is 0 Å². The molecule has 14 heavy (non-hydrogen) atoms. The van der Waals surface area contributed by atoms with Crippen LogP contribution in [0.4, 0.5) is 0 Å². The zero-order chi connectivity index (χ0) is 11.5. The van der Waals surface area contributed by atoms with Crippen molar-refractivity contribution in [1.82, 2.24) is 4.90 Å². The minimum atomic E-state index is -0.447. The van der Waals surface area contributed by atoms with Crippen LogP contribution in [0.5, 0.6) is 0 Å². The van der Waals surface area contributed by atoms with E-state index in [1.807, 2.05) is 20.9 Å². The van der Waals surface area contributed by atoms with Crippen LogP contribution in [0.3, 0.4) is 0 Å². The maximum Gasteiger partial charge on any atom is 0.229 e. The molecule has 0 aromatic carbocycles. The number of nitrogens with two attached hydrogens (primary N) is 1. The third kappa shape index (κ3) is 2.98. The second kappa shape index (κ2) is 4.78. The van der Waals surface area contributed by atoms with Gasteiger partial charge >= 0.3 is 0 Å². The summed E-state index contributed by atoms with van der Waals surface area (Å²) in [5.41, 5.74) is 5.13. The van der Waals surface area contributed by atoms with Crippen LogP contribution in [0.15, 0.2) is 0 Å². The van der Waals surface area contributed by atoms with Crippen molar-refractivity contribution in [3.8, 4) is 0 Å². The Hall–Kier alpha value is -0.570. The molecule has 1 atom stereocenters. The van der Waals surface area contributed by atoms with E-state index < -0.39 is 5.41 Å². The summed E-state index contributed by atoms with van der Waals surface area (Å²) in [7, 11) is 1.85. The molecule has 0 aromatic heterocycles. The lowest BCUT2D eigenvalue weighted by atomic mass is 9.90. The summed E-state index contributed by atoms with van der Waals surface area (Å²) < 4.78 is 0. The molecule has 0 aromatic rings. The lowest BCUT2D eigenvalue weighted by molar-refractivity contribution is -0.141. The molecule has 0 aliphatic carbocycles. The Morgan fingerprint density at radius 1 is 1.36 bits per heavy atom. The fourth-order valence-electron chi connectivity index (χ4n) is 1.20. The van der Waals surface area contributed by atoms with Gasteiger partial charge in [0.2, 0.25) is 5.91 Å². The highest BCUT2D eigenvalue weighted by Crippen LogP contribution is 2.19. The second-order valence-electron chi connectivity index (χ2n) is 4.99. The van der Waals surface area contributed by atoms with Crippen molar-refractivity contribution >= 4 is 5.91 Å². The Morgan fingerprint density at radius 2 is 1.79 bits per heavy atom.